The third-order valence-corrected chi connectivity index (χ3v) is 6.19. The van der Waals surface area contributed by atoms with Crippen LogP contribution in [0.2, 0.25) is 0 Å². The number of carbonyl (C=O) groups excluding carboxylic acids is 2. The van der Waals surface area contributed by atoms with Gasteiger partial charge in [0.25, 0.3) is 5.71 Å². The lowest BCUT2D eigenvalue weighted by Crippen LogP contribution is -2.22. The number of pyridine rings is 1. The molecule has 2 aromatic carbocycles. The molecule has 5 aromatic rings. The van der Waals surface area contributed by atoms with Crippen LogP contribution in [-0.4, -0.2) is 27.0 Å². The number of anilines is 2. The lowest BCUT2D eigenvalue weighted by Gasteiger charge is -2.17. The van der Waals surface area contributed by atoms with E-state index in [1.165, 1.54) is 23.2 Å². The van der Waals surface area contributed by atoms with Crippen LogP contribution in [0, 0.1) is 6.92 Å². The minimum absolute atomic E-state index is 0.0509. The minimum Gasteiger partial charge on any atom is -0.456 e. The smallest absolute Gasteiger partial charge is 0.339 e. The van der Waals surface area contributed by atoms with Crippen LogP contribution in [-0.2, 0) is 16.1 Å². The van der Waals surface area contributed by atoms with Crippen LogP contribution in [0.4, 0.5) is 10.8 Å². The molecule has 0 radical (unpaired) electrons. The van der Waals surface area contributed by atoms with Crippen LogP contribution in [0.3, 0.4) is 0 Å². The van der Waals surface area contributed by atoms with Gasteiger partial charge >= 0.3 is 5.97 Å². The predicted octanol–water partition coefficient (Wildman–Crippen LogP) is 5.70. The molecule has 5 rings (SSSR count). The molecule has 8 nitrogen and oxygen atoms in total. The largest absolute Gasteiger partial charge is 0.456 e. The maximum Gasteiger partial charge on any atom is 0.339 e. The van der Waals surface area contributed by atoms with E-state index in [0.717, 1.165) is 5.56 Å². The van der Waals surface area contributed by atoms with Crippen molar-refractivity contribution in [2.24, 2.45) is 0 Å². The van der Waals surface area contributed by atoms with Crippen LogP contribution < -0.4 is 4.90 Å². The van der Waals surface area contributed by atoms with Crippen molar-refractivity contribution in [2.75, 3.05) is 4.90 Å². The molecular weight excluding hydrogens is 464 g/mol. The highest BCUT2D eigenvalue weighted by molar-refractivity contribution is 7.14. The SMILES string of the molecule is CC(=O)N(c1ccccc1)c1nc(COC(=O)c2cc(-c3ccccc3)nc3onc(C)c23)cs1. The Kier molecular flexibility index (Phi) is 6.07. The molecule has 1 amide bonds. The van der Waals surface area contributed by atoms with E-state index < -0.39 is 5.97 Å². The number of nitrogens with zero attached hydrogens (tertiary/aromatic N) is 4. The lowest BCUT2D eigenvalue weighted by atomic mass is 10.1. The zero-order valence-corrected chi connectivity index (χ0v) is 19.8. The summed E-state index contributed by atoms with van der Waals surface area (Å²) < 4.78 is 10.9. The molecule has 3 aromatic heterocycles. The number of esters is 1. The Balaban J connectivity index is 1.39. The van der Waals surface area contributed by atoms with E-state index in [9.17, 15) is 9.59 Å². The van der Waals surface area contributed by atoms with Gasteiger partial charge in [-0.05, 0) is 25.1 Å². The monoisotopic (exact) mass is 484 g/mol. The van der Waals surface area contributed by atoms with Gasteiger partial charge in [0.15, 0.2) is 5.13 Å². The highest BCUT2D eigenvalue weighted by Gasteiger charge is 2.22. The van der Waals surface area contributed by atoms with Gasteiger partial charge in [0.1, 0.15) is 6.61 Å². The molecule has 0 saturated carbocycles. The number of amides is 1. The van der Waals surface area contributed by atoms with Crippen molar-refractivity contribution in [1.29, 1.82) is 0 Å². The van der Waals surface area contributed by atoms with Crippen LogP contribution in [0.15, 0.2) is 76.6 Å². The van der Waals surface area contributed by atoms with E-state index >= 15 is 0 Å². The van der Waals surface area contributed by atoms with Gasteiger partial charge in [-0.15, -0.1) is 11.3 Å². The Morgan fingerprint density at radius 2 is 1.74 bits per heavy atom. The molecule has 0 N–H and O–H groups in total. The molecular formula is C26H20N4O4S. The van der Waals surface area contributed by atoms with Gasteiger partial charge in [0.2, 0.25) is 5.91 Å². The second-order valence-corrected chi connectivity index (χ2v) is 8.59. The van der Waals surface area contributed by atoms with E-state index in [1.54, 1.807) is 18.4 Å². The fourth-order valence-corrected chi connectivity index (χ4v) is 4.57. The van der Waals surface area contributed by atoms with E-state index in [-0.39, 0.29) is 18.2 Å². The lowest BCUT2D eigenvalue weighted by molar-refractivity contribution is -0.115. The normalized spacial score (nSPS) is 10.9. The molecule has 0 spiro atoms. The van der Waals surface area contributed by atoms with Crippen molar-refractivity contribution >= 4 is 45.1 Å². The van der Waals surface area contributed by atoms with E-state index in [1.807, 2.05) is 60.7 Å². The number of benzene rings is 2. The Hall–Kier alpha value is -4.37. The maximum absolute atomic E-state index is 13.1. The maximum atomic E-state index is 13.1. The van der Waals surface area contributed by atoms with Gasteiger partial charge in [-0.1, -0.05) is 53.7 Å². The van der Waals surface area contributed by atoms with E-state index in [4.69, 9.17) is 9.26 Å². The van der Waals surface area contributed by atoms with Gasteiger partial charge in [0.05, 0.1) is 33.7 Å². The van der Waals surface area contributed by atoms with E-state index in [2.05, 4.69) is 15.1 Å². The summed E-state index contributed by atoms with van der Waals surface area (Å²) in [6.07, 6.45) is 0. The summed E-state index contributed by atoms with van der Waals surface area (Å²) in [7, 11) is 0. The second kappa shape index (κ2) is 9.47. The number of rotatable bonds is 6. The Morgan fingerprint density at radius 1 is 1.03 bits per heavy atom. The minimum atomic E-state index is -0.540. The zero-order valence-electron chi connectivity index (χ0n) is 19.0. The molecule has 3 heterocycles. The molecule has 0 saturated heterocycles. The average Bonchev–Trinajstić information content (AvgIpc) is 3.50. The summed E-state index contributed by atoms with van der Waals surface area (Å²) in [5, 5.41) is 6.75. The number of fused-ring (bicyclic) bond motifs is 1. The summed E-state index contributed by atoms with van der Waals surface area (Å²) in [6, 6.07) is 20.4. The molecule has 0 unspecified atom stereocenters. The highest BCUT2D eigenvalue weighted by Crippen LogP contribution is 2.30. The fraction of sp³-hybridized carbons (Fsp3) is 0.115. The molecule has 0 bridgehead atoms. The molecule has 35 heavy (non-hydrogen) atoms. The zero-order chi connectivity index (χ0) is 24.4. The van der Waals surface area contributed by atoms with Gasteiger partial charge < -0.3 is 9.26 Å². The fourth-order valence-electron chi connectivity index (χ4n) is 3.70. The first-order valence-corrected chi connectivity index (χ1v) is 11.7. The molecule has 0 aliphatic rings. The molecule has 0 atom stereocenters. The van der Waals surface area contributed by atoms with Crippen LogP contribution >= 0.6 is 11.3 Å². The summed E-state index contributed by atoms with van der Waals surface area (Å²) in [4.78, 5) is 35.9. The van der Waals surface area contributed by atoms with Crippen molar-refractivity contribution in [3.05, 3.63) is 89.1 Å². The first-order valence-electron chi connectivity index (χ1n) is 10.8. The van der Waals surface area contributed by atoms with Crippen molar-refractivity contribution in [2.45, 2.75) is 20.5 Å². The number of aryl methyl sites for hydroxylation is 1. The Morgan fingerprint density at radius 3 is 2.46 bits per heavy atom. The van der Waals surface area contributed by atoms with E-state index in [0.29, 0.717) is 38.9 Å². The first-order chi connectivity index (χ1) is 17.0. The van der Waals surface area contributed by atoms with Crippen molar-refractivity contribution in [3.63, 3.8) is 0 Å². The number of ether oxygens (including phenoxy) is 1. The number of hydrogen-bond donors (Lipinski definition) is 0. The van der Waals surface area contributed by atoms with Gasteiger partial charge in [-0.2, -0.15) is 0 Å². The number of hydrogen-bond acceptors (Lipinski definition) is 8. The summed E-state index contributed by atoms with van der Waals surface area (Å²) in [6.45, 7) is 3.18. The van der Waals surface area contributed by atoms with Crippen molar-refractivity contribution in [1.82, 2.24) is 15.1 Å². The summed E-state index contributed by atoms with van der Waals surface area (Å²) in [5.74, 6) is -0.702. The third kappa shape index (κ3) is 4.53. The van der Waals surface area contributed by atoms with Gasteiger partial charge in [0, 0.05) is 17.9 Å². The topological polar surface area (TPSA) is 98.4 Å². The number of aromatic nitrogens is 3. The second-order valence-electron chi connectivity index (χ2n) is 7.76. The average molecular weight is 485 g/mol. The molecule has 9 heteroatoms. The van der Waals surface area contributed by atoms with Crippen LogP contribution in [0.5, 0.6) is 0 Å². The summed E-state index contributed by atoms with van der Waals surface area (Å²) in [5.41, 5.74) is 3.81. The highest BCUT2D eigenvalue weighted by atomic mass is 32.1. The first kappa shape index (κ1) is 22.4. The Bertz CT molecular complexity index is 1510. The quantitative estimate of drug-likeness (QED) is 0.285. The van der Waals surface area contributed by atoms with Crippen LogP contribution in [0.1, 0.15) is 28.7 Å². The number of carbonyl (C=O) groups is 2. The molecule has 0 fully saturated rings. The number of para-hydroxylation sites is 1. The summed E-state index contributed by atoms with van der Waals surface area (Å²) >= 11 is 1.30. The van der Waals surface area contributed by atoms with Gasteiger partial charge in [-0.25, -0.2) is 14.8 Å². The molecule has 174 valence electrons. The third-order valence-electron chi connectivity index (χ3n) is 5.32. The Labute approximate surface area is 204 Å². The number of thiazole rings is 1. The standard InChI is InChI=1S/C26H20N4O4S/c1-16-23-21(13-22(28-24(23)34-29-16)18-9-5-3-6-10-18)25(32)33-14-19-15-35-26(27-19)30(17(2)31)20-11-7-4-8-12-20/h3-13,15H,14H2,1-2H3. The van der Waals surface area contributed by atoms with Crippen molar-refractivity contribution < 1.29 is 18.8 Å². The van der Waals surface area contributed by atoms with Gasteiger partial charge in [-0.3, -0.25) is 9.69 Å². The van der Waals surface area contributed by atoms with Crippen molar-refractivity contribution in [3.8, 4) is 11.3 Å². The van der Waals surface area contributed by atoms with Crippen LogP contribution in [0.25, 0.3) is 22.4 Å². The predicted molar refractivity (Wildman–Crippen MR) is 132 cm³/mol. The molecule has 0 aliphatic heterocycles. The molecule has 0 aliphatic carbocycles.